The number of aryl methyl sites for hydroxylation is 2. The van der Waals surface area contributed by atoms with Gasteiger partial charge in [-0.3, -0.25) is 4.79 Å². The summed E-state index contributed by atoms with van der Waals surface area (Å²) in [7, 11) is 0. The van der Waals surface area contributed by atoms with E-state index >= 15 is 0 Å². The first-order chi connectivity index (χ1) is 8.08. The molecule has 0 fully saturated rings. The van der Waals surface area contributed by atoms with E-state index in [-0.39, 0.29) is 12.6 Å². The predicted molar refractivity (Wildman–Crippen MR) is 66.2 cm³/mol. The quantitative estimate of drug-likeness (QED) is 0.455. The van der Waals surface area contributed by atoms with E-state index in [1.54, 1.807) is 6.92 Å². The van der Waals surface area contributed by atoms with Crippen molar-refractivity contribution < 1.29 is 14.3 Å². The lowest BCUT2D eigenvalue weighted by Crippen LogP contribution is -2.08. The maximum atomic E-state index is 11.3. The van der Waals surface area contributed by atoms with Crippen LogP contribution in [0.4, 0.5) is 0 Å². The summed E-state index contributed by atoms with van der Waals surface area (Å²) in [6, 6.07) is 3.62. The number of esters is 1. The van der Waals surface area contributed by atoms with Gasteiger partial charge in [-0.2, -0.15) is 0 Å². The second-order valence-corrected chi connectivity index (χ2v) is 3.71. The van der Waals surface area contributed by atoms with Crippen LogP contribution in [0.1, 0.15) is 24.5 Å². The second kappa shape index (κ2) is 5.95. The van der Waals surface area contributed by atoms with E-state index in [9.17, 15) is 4.79 Å². The number of carbonyl (C=O) groups is 1. The third-order valence-electron chi connectivity index (χ3n) is 2.26. The number of hydrogen-bond acceptors (Lipinski definition) is 3. The predicted octanol–water partition coefficient (Wildman–Crippen LogP) is 2.63. The van der Waals surface area contributed by atoms with Crippen molar-refractivity contribution in [2.24, 2.45) is 0 Å². The molecule has 0 saturated heterocycles. The number of benzene rings is 1. The van der Waals surface area contributed by atoms with Gasteiger partial charge in [0.1, 0.15) is 18.1 Å². The van der Waals surface area contributed by atoms with E-state index in [1.165, 1.54) is 0 Å². The zero-order chi connectivity index (χ0) is 12.8. The van der Waals surface area contributed by atoms with E-state index in [4.69, 9.17) is 15.9 Å². The summed E-state index contributed by atoms with van der Waals surface area (Å²) in [5, 5.41) is 0. The summed E-state index contributed by atoms with van der Waals surface area (Å²) < 4.78 is 10.6. The Morgan fingerprint density at radius 1 is 1.35 bits per heavy atom. The van der Waals surface area contributed by atoms with Crippen molar-refractivity contribution >= 4 is 5.97 Å². The monoisotopic (exact) mass is 232 g/mol. The minimum absolute atomic E-state index is 0.229. The first kappa shape index (κ1) is 13.1. The summed E-state index contributed by atoms with van der Waals surface area (Å²) in [6.45, 7) is 5.73. The largest absolute Gasteiger partial charge is 0.481 e. The Labute approximate surface area is 102 Å². The van der Waals surface area contributed by atoms with Crippen molar-refractivity contribution in [3.8, 4) is 23.8 Å². The maximum absolute atomic E-state index is 11.3. The lowest BCUT2D eigenvalue weighted by atomic mass is 10.1. The molecule has 0 spiro atoms. The molecular formula is C14H16O3. The van der Waals surface area contributed by atoms with Crippen molar-refractivity contribution in [1.82, 2.24) is 0 Å². The SMILES string of the molecule is C#CCOc1cc(C)c(OC(=O)CC)c(C)c1. The van der Waals surface area contributed by atoms with Crippen LogP contribution < -0.4 is 9.47 Å². The molecule has 0 saturated carbocycles. The minimum Gasteiger partial charge on any atom is -0.481 e. The van der Waals surface area contributed by atoms with Crippen LogP contribution in [0.2, 0.25) is 0 Å². The van der Waals surface area contributed by atoms with Crippen LogP contribution in [-0.4, -0.2) is 12.6 Å². The van der Waals surface area contributed by atoms with Crippen LogP contribution in [0.3, 0.4) is 0 Å². The summed E-state index contributed by atoms with van der Waals surface area (Å²) in [6.07, 6.45) is 5.48. The molecule has 3 heteroatoms. The number of hydrogen-bond donors (Lipinski definition) is 0. The van der Waals surface area contributed by atoms with Gasteiger partial charge in [0, 0.05) is 6.42 Å². The van der Waals surface area contributed by atoms with Gasteiger partial charge < -0.3 is 9.47 Å². The molecule has 0 aliphatic carbocycles. The number of rotatable bonds is 4. The van der Waals surface area contributed by atoms with Crippen LogP contribution in [0.25, 0.3) is 0 Å². The van der Waals surface area contributed by atoms with Crippen LogP contribution in [-0.2, 0) is 4.79 Å². The molecule has 17 heavy (non-hydrogen) atoms. The van der Waals surface area contributed by atoms with Gasteiger partial charge in [0.05, 0.1) is 0 Å². The van der Waals surface area contributed by atoms with E-state index in [0.717, 1.165) is 11.1 Å². The summed E-state index contributed by atoms with van der Waals surface area (Å²) in [4.78, 5) is 11.3. The van der Waals surface area contributed by atoms with Crippen molar-refractivity contribution in [3.63, 3.8) is 0 Å². The zero-order valence-corrected chi connectivity index (χ0v) is 10.4. The molecular weight excluding hydrogens is 216 g/mol. The van der Waals surface area contributed by atoms with Crippen molar-refractivity contribution in [3.05, 3.63) is 23.3 Å². The highest BCUT2D eigenvalue weighted by Crippen LogP contribution is 2.28. The fourth-order valence-electron chi connectivity index (χ4n) is 1.47. The van der Waals surface area contributed by atoms with Crippen molar-refractivity contribution in [1.29, 1.82) is 0 Å². The molecule has 0 N–H and O–H groups in total. The Hall–Kier alpha value is -1.95. The molecule has 0 bridgehead atoms. The Morgan fingerprint density at radius 3 is 2.41 bits per heavy atom. The molecule has 0 amide bonds. The average Bonchev–Trinajstić information content (AvgIpc) is 2.30. The lowest BCUT2D eigenvalue weighted by molar-refractivity contribution is -0.134. The number of terminal acetylenes is 1. The normalized spacial score (nSPS) is 9.53. The van der Waals surface area contributed by atoms with Gasteiger partial charge in [-0.1, -0.05) is 12.8 Å². The van der Waals surface area contributed by atoms with Crippen molar-refractivity contribution in [2.75, 3.05) is 6.61 Å². The Balaban J connectivity index is 2.94. The molecule has 1 aromatic carbocycles. The fourth-order valence-corrected chi connectivity index (χ4v) is 1.47. The fraction of sp³-hybridized carbons (Fsp3) is 0.357. The maximum Gasteiger partial charge on any atom is 0.310 e. The van der Waals surface area contributed by atoms with Gasteiger partial charge in [-0.15, -0.1) is 6.42 Å². The highest BCUT2D eigenvalue weighted by molar-refractivity contribution is 5.73. The van der Waals surface area contributed by atoms with Crippen LogP contribution in [0.5, 0.6) is 11.5 Å². The third-order valence-corrected chi connectivity index (χ3v) is 2.26. The summed E-state index contributed by atoms with van der Waals surface area (Å²) in [5.74, 6) is 3.45. The molecule has 1 rings (SSSR count). The standard InChI is InChI=1S/C14H16O3/c1-5-7-16-12-8-10(3)14(11(4)9-12)17-13(15)6-2/h1,8-9H,6-7H2,2-4H3. The molecule has 0 aromatic heterocycles. The molecule has 0 heterocycles. The van der Waals surface area contributed by atoms with Gasteiger partial charge in [0.2, 0.25) is 0 Å². The molecule has 0 aliphatic rings. The Morgan fingerprint density at radius 2 is 1.94 bits per heavy atom. The van der Waals surface area contributed by atoms with Crippen LogP contribution in [0.15, 0.2) is 12.1 Å². The topological polar surface area (TPSA) is 35.5 Å². The summed E-state index contributed by atoms with van der Waals surface area (Å²) in [5.41, 5.74) is 1.72. The minimum atomic E-state index is -0.242. The van der Waals surface area contributed by atoms with Gasteiger partial charge in [-0.25, -0.2) is 0 Å². The van der Waals surface area contributed by atoms with Crippen molar-refractivity contribution in [2.45, 2.75) is 27.2 Å². The van der Waals surface area contributed by atoms with E-state index in [2.05, 4.69) is 5.92 Å². The first-order valence-electron chi connectivity index (χ1n) is 5.46. The Bertz CT molecular complexity index is 432. The number of carbonyl (C=O) groups excluding carboxylic acids is 1. The van der Waals surface area contributed by atoms with Gasteiger partial charge >= 0.3 is 5.97 Å². The van der Waals surface area contributed by atoms with Gasteiger partial charge in [0.25, 0.3) is 0 Å². The highest BCUT2D eigenvalue weighted by Gasteiger charge is 2.10. The van der Waals surface area contributed by atoms with Crippen LogP contribution >= 0.6 is 0 Å². The lowest BCUT2D eigenvalue weighted by Gasteiger charge is -2.12. The van der Waals surface area contributed by atoms with Crippen LogP contribution in [0, 0.1) is 26.2 Å². The molecule has 0 aliphatic heterocycles. The molecule has 1 aromatic rings. The third kappa shape index (κ3) is 3.53. The molecule has 90 valence electrons. The molecule has 0 atom stereocenters. The second-order valence-electron chi connectivity index (χ2n) is 3.71. The van der Waals surface area contributed by atoms with E-state index in [0.29, 0.717) is 17.9 Å². The molecule has 3 nitrogen and oxygen atoms in total. The summed E-state index contributed by atoms with van der Waals surface area (Å²) >= 11 is 0. The zero-order valence-electron chi connectivity index (χ0n) is 10.4. The average molecular weight is 232 g/mol. The van der Waals surface area contributed by atoms with Gasteiger partial charge in [-0.05, 0) is 37.1 Å². The molecule has 0 unspecified atom stereocenters. The van der Waals surface area contributed by atoms with E-state index in [1.807, 2.05) is 26.0 Å². The van der Waals surface area contributed by atoms with Gasteiger partial charge in [0.15, 0.2) is 0 Å². The first-order valence-corrected chi connectivity index (χ1v) is 5.46. The number of ether oxygens (including phenoxy) is 2. The van der Waals surface area contributed by atoms with E-state index < -0.39 is 0 Å². The molecule has 0 radical (unpaired) electrons. The smallest absolute Gasteiger partial charge is 0.310 e. The highest BCUT2D eigenvalue weighted by atomic mass is 16.5. The Kier molecular flexibility index (Phi) is 4.59.